The Morgan fingerprint density at radius 3 is 2.43 bits per heavy atom. The van der Waals surface area contributed by atoms with E-state index in [4.69, 9.17) is 0 Å². The third-order valence-corrected chi connectivity index (χ3v) is 4.34. The van der Waals surface area contributed by atoms with Crippen molar-refractivity contribution < 1.29 is 9.59 Å². The second kappa shape index (κ2) is 7.75. The van der Waals surface area contributed by atoms with Crippen LogP contribution in [0.3, 0.4) is 0 Å². The minimum atomic E-state index is -0.0925. The predicted octanol–water partition coefficient (Wildman–Crippen LogP) is 1.17. The van der Waals surface area contributed by atoms with Gasteiger partial charge in [0.1, 0.15) is 11.4 Å². The zero-order valence-electron chi connectivity index (χ0n) is 13.3. The molecule has 7 heteroatoms. The van der Waals surface area contributed by atoms with E-state index in [1.165, 1.54) is 0 Å². The van der Waals surface area contributed by atoms with Crippen LogP contribution in [0.25, 0.3) is 0 Å². The molecule has 3 rings (SSSR count). The SMILES string of the molecule is C[C@H]1CNCCN1C(=O)c1cccc(C(=O)N2CCCC2)n1.Cl. The first-order valence-corrected chi connectivity index (χ1v) is 7.95. The third-order valence-electron chi connectivity index (χ3n) is 4.34. The molecule has 23 heavy (non-hydrogen) atoms. The van der Waals surface area contributed by atoms with Crippen molar-refractivity contribution in [3.8, 4) is 0 Å². The largest absolute Gasteiger partial charge is 0.337 e. The summed E-state index contributed by atoms with van der Waals surface area (Å²) in [6, 6.07) is 5.27. The molecule has 0 bridgehead atoms. The van der Waals surface area contributed by atoms with E-state index < -0.39 is 0 Å². The van der Waals surface area contributed by atoms with Crippen molar-refractivity contribution in [2.24, 2.45) is 0 Å². The van der Waals surface area contributed by atoms with E-state index in [1.807, 2.05) is 16.7 Å². The molecule has 2 aliphatic rings. The van der Waals surface area contributed by atoms with E-state index in [0.717, 1.165) is 39.0 Å². The molecule has 2 saturated heterocycles. The first-order chi connectivity index (χ1) is 10.7. The third kappa shape index (κ3) is 3.82. The normalized spacial score (nSPS) is 21.0. The molecule has 1 atom stereocenters. The molecule has 6 nitrogen and oxygen atoms in total. The van der Waals surface area contributed by atoms with Gasteiger partial charge in [-0.2, -0.15) is 0 Å². The topological polar surface area (TPSA) is 65.5 Å². The summed E-state index contributed by atoms with van der Waals surface area (Å²) in [5.41, 5.74) is 0.731. The average Bonchev–Trinajstić information content (AvgIpc) is 3.08. The lowest BCUT2D eigenvalue weighted by molar-refractivity contribution is 0.0649. The number of piperazine rings is 1. The van der Waals surface area contributed by atoms with Crippen molar-refractivity contribution in [1.29, 1.82) is 0 Å². The van der Waals surface area contributed by atoms with Gasteiger partial charge in [0.15, 0.2) is 0 Å². The maximum absolute atomic E-state index is 12.6. The van der Waals surface area contributed by atoms with Crippen LogP contribution in [0.5, 0.6) is 0 Å². The Bertz CT molecular complexity index is 575. The van der Waals surface area contributed by atoms with Crippen LogP contribution in [0, 0.1) is 0 Å². The fourth-order valence-corrected chi connectivity index (χ4v) is 3.05. The molecule has 3 heterocycles. The Morgan fingerprint density at radius 2 is 1.78 bits per heavy atom. The lowest BCUT2D eigenvalue weighted by Gasteiger charge is -2.33. The Kier molecular flexibility index (Phi) is 5.96. The van der Waals surface area contributed by atoms with Gasteiger partial charge < -0.3 is 15.1 Å². The first-order valence-electron chi connectivity index (χ1n) is 7.95. The molecule has 0 aliphatic carbocycles. The van der Waals surface area contributed by atoms with Gasteiger partial charge in [-0.25, -0.2) is 4.98 Å². The fraction of sp³-hybridized carbons (Fsp3) is 0.562. The summed E-state index contributed by atoms with van der Waals surface area (Å²) >= 11 is 0. The van der Waals surface area contributed by atoms with Gasteiger partial charge in [-0.15, -0.1) is 12.4 Å². The average molecular weight is 339 g/mol. The molecule has 0 unspecified atom stereocenters. The van der Waals surface area contributed by atoms with Crippen molar-refractivity contribution in [3.63, 3.8) is 0 Å². The quantitative estimate of drug-likeness (QED) is 0.879. The summed E-state index contributed by atoms with van der Waals surface area (Å²) in [7, 11) is 0. The molecule has 2 amide bonds. The molecule has 1 N–H and O–H groups in total. The van der Waals surface area contributed by atoms with E-state index in [0.29, 0.717) is 17.9 Å². The predicted molar refractivity (Wildman–Crippen MR) is 90.0 cm³/mol. The van der Waals surface area contributed by atoms with Crippen molar-refractivity contribution in [2.75, 3.05) is 32.7 Å². The van der Waals surface area contributed by atoms with Crippen LogP contribution in [0.2, 0.25) is 0 Å². The Hall–Kier alpha value is -1.66. The minimum Gasteiger partial charge on any atom is -0.337 e. The highest BCUT2D eigenvalue weighted by Crippen LogP contribution is 2.13. The Labute approximate surface area is 142 Å². The van der Waals surface area contributed by atoms with E-state index >= 15 is 0 Å². The molecule has 0 spiro atoms. The molecule has 126 valence electrons. The molecule has 2 fully saturated rings. The highest BCUT2D eigenvalue weighted by atomic mass is 35.5. The van der Waals surface area contributed by atoms with Crippen molar-refractivity contribution >= 4 is 24.2 Å². The number of nitrogens with zero attached hydrogens (tertiary/aromatic N) is 3. The lowest BCUT2D eigenvalue weighted by atomic mass is 10.2. The summed E-state index contributed by atoms with van der Waals surface area (Å²) in [6.45, 7) is 5.84. The van der Waals surface area contributed by atoms with E-state index in [-0.39, 0.29) is 30.3 Å². The van der Waals surface area contributed by atoms with Crippen molar-refractivity contribution in [3.05, 3.63) is 29.6 Å². The highest BCUT2D eigenvalue weighted by Gasteiger charge is 2.26. The zero-order valence-corrected chi connectivity index (χ0v) is 14.1. The smallest absolute Gasteiger partial charge is 0.272 e. The van der Waals surface area contributed by atoms with Crippen LogP contribution in [0.4, 0.5) is 0 Å². The molecular formula is C16H23ClN4O2. The summed E-state index contributed by atoms with van der Waals surface area (Å²) in [4.78, 5) is 33.0. The Morgan fingerprint density at radius 1 is 1.13 bits per heavy atom. The summed E-state index contributed by atoms with van der Waals surface area (Å²) in [5.74, 6) is -0.161. The molecule has 1 aromatic rings. The van der Waals surface area contributed by atoms with Gasteiger partial charge in [0, 0.05) is 38.8 Å². The number of aromatic nitrogens is 1. The van der Waals surface area contributed by atoms with Gasteiger partial charge in [-0.05, 0) is 31.9 Å². The molecule has 0 saturated carbocycles. The summed E-state index contributed by atoms with van der Waals surface area (Å²) in [5, 5.41) is 3.26. The lowest BCUT2D eigenvalue weighted by Crippen LogP contribution is -2.52. The molecule has 0 radical (unpaired) electrons. The maximum atomic E-state index is 12.6. The number of amides is 2. The van der Waals surface area contributed by atoms with Crippen molar-refractivity contribution in [1.82, 2.24) is 20.1 Å². The van der Waals surface area contributed by atoms with E-state index in [9.17, 15) is 9.59 Å². The van der Waals surface area contributed by atoms with E-state index in [2.05, 4.69) is 10.3 Å². The number of rotatable bonds is 2. The summed E-state index contributed by atoms with van der Waals surface area (Å²) in [6.07, 6.45) is 2.09. The number of hydrogen-bond acceptors (Lipinski definition) is 4. The van der Waals surface area contributed by atoms with Crippen LogP contribution in [0.1, 0.15) is 40.7 Å². The molecular weight excluding hydrogens is 316 g/mol. The van der Waals surface area contributed by atoms with Gasteiger partial charge >= 0.3 is 0 Å². The van der Waals surface area contributed by atoms with Gasteiger partial charge in [-0.3, -0.25) is 9.59 Å². The maximum Gasteiger partial charge on any atom is 0.272 e. The highest BCUT2D eigenvalue weighted by molar-refractivity contribution is 5.96. The van der Waals surface area contributed by atoms with Gasteiger partial charge in [-0.1, -0.05) is 6.07 Å². The number of nitrogens with one attached hydrogen (secondary N) is 1. The van der Waals surface area contributed by atoms with Gasteiger partial charge in [0.05, 0.1) is 0 Å². The Balaban J connectivity index is 0.00000192. The molecule has 0 aromatic carbocycles. The molecule has 1 aromatic heterocycles. The second-order valence-electron chi connectivity index (χ2n) is 5.96. The van der Waals surface area contributed by atoms with Crippen LogP contribution >= 0.6 is 12.4 Å². The minimum absolute atomic E-state index is 0. The van der Waals surface area contributed by atoms with Crippen LogP contribution in [0.15, 0.2) is 18.2 Å². The standard InChI is InChI=1S/C16H22N4O2.ClH/c1-12-11-17-7-10-20(12)16(22)14-6-4-5-13(18-14)15(21)19-8-2-3-9-19;/h4-6,12,17H,2-3,7-11H2,1H3;1H/t12-;/m0./s1. The molecule has 2 aliphatic heterocycles. The van der Waals surface area contributed by atoms with Crippen LogP contribution < -0.4 is 5.32 Å². The van der Waals surface area contributed by atoms with Crippen LogP contribution in [-0.4, -0.2) is 65.4 Å². The number of halogens is 1. The van der Waals surface area contributed by atoms with Gasteiger partial charge in [0.25, 0.3) is 11.8 Å². The van der Waals surface area contributed by atoms with E-state index in [1.54, 1.807) is 18.2 Å². The number of hydrogen-bond donors (Lipinski definition) is 1. The second-order valence-corrected chi connectivity index (χ2v) is 5.96. The summed E-state index contributed by atoms with van der Waals surface area (Å²) < 4.78 is 0. The van der Waals surface area contributed by atoms with Crippen molar-refractivity contribution in [2.45, 2.75) is 25.8 Å². The zero-order chi connectivity index (χ0) is 15.5. The van der Waals surface area contributed by atoms with Gasteiger partial charge in [0.2, 0.25) is 0 Å². The first kappa shape index (κ1) is 17.7. The number of carbonyl (C=O) groups is 2. The monoisotopic (exact) mass is 338 g/mol. The fourth-order valence-electron chi connectivity index (χ4n) is 3.05. The number of pyridine rings is 1. The number of carbonyl (C=O) groups excluding carboxylic acids is 2. The number of likely N-dealkylation sites (tertiary alicyclic amines) is 1. The van der Waals surface area contributed by atoms with Crippen LogP contribution in [-0.2, 0) is 0 Å².